The predicted octanol–water partition coefficient (Wildman–Crippen LogP) is 3.98. The van der Waals surface area contributed by atoms with Crippen LogP contribution in [-0.4, -0.2) is 54.4 Å². The minimum atomic E-state index is -4.35. The molecule has 1 aliphatic carbocycles. The number of rotatable bonds is 4. The van der Waals surface area contributed by atoms with E-state index in [1.807, 2.05) is 0 Å². The highest BCUT2D eigenvalue weighted by molar-refractivity contribution is 6.41. The van der Waals surface area contributed by atoms with E-state index in [9.17, 15) is 18.0 Å². The first-order valence-electron chi connectivity index (χ1n) is 11.9. The van der Waals surface area contributed by atoms with E-state index >= 15 is 0 Å². The number of fused-ring (bicyclic) bond motifs is 2. The van der Waals surface area contributed by atoms with Crippen molar-refractivity contribution in [2.75, 3.05) is 19.6 Å². The van der Waals surface area contributed by atoms with Crippen molar-refractivity contribution in [1.29, 1.82) is 0 Å². The molecule has 1 amide bonds. The van der Waals surface area contributed by atoms with Gasteiger partial charge in [0.25, 0.3) is 5.91 Å². The van der Waals surface area contributed by atoms with Crippen LogP contribution in [0.1, 0.15) is 49.1 Å². The Morgan fingerprint density at radius 2 is 1.88 bits per heavy atom. The predicted molar refractivity (Wildman–Crippen MR) is 125 cm³/mol. The summed E-state index contributed by atoms with van der Waals surface area (Å²) in [5, 5.41) is 0. The van der Waals surface area contributed by atoms with Crippen LogP contribution in [0.4, 0.5) is 13.2 Å². The second-order valence-corrected chi connectivity index (χ2v) is 9.58. The molecule has 2 fully saturated rings. The number of halogens is 3. The van der Waals surface area contributed by atoms with Crippen LogP contribution in [0.2, 0.25) is 0 Å². The monoisotopic (exact) mass is 471 g/mol. The Morgan fingerprint density at radius 3 is 2.59 bits per heavy atom. The number of benzene rings is 1. The quantitative estimate of drug-likeness (QED) is 0.721. The fraction of sp³-hybridized carbons (Fsp3) is 0.520. The molecule has 1 aromatic carbocycles. The van der Waals surface area contributed by atoms with E-state index in [0.29, 0.717) is 43.9 Å². The number of hydrogen-bond acceptors (Lipinski definition) is 5. The molecule has 5 rings (SSSR count). The summed E-state index contributed by atoms with van der Waals surface area (Å²) in [4.78, 5) is 28.4. The maximum absolute atomic E-state index is 13.5. The van der Waals surface area contributed by atoms with Crippen LogP contribution in [0.5, 0.6) is 0 Å². The molecule has 6 nitrogen and oxygen atoms in total. The van der Waals surface area contributed by atoms with Crippen LogP contribution in [-0.2, 0) is 11.0 Å². The Morgan fingerprint density at radius 1 is 1.15 bits per heavy atom. The second kappa shape index (κ2) is 9.09. The smallest absolute Gasteiger partial charge is 0.335 e. The summed E-state index contributed by atoms with van der Waals surface area (Å²) in [5.41, 5.74) is 6.55. The number of amidine groups is 2. The average molecular weight is 472 g/mol. The topological polar surface area (TPSA) is 83.4 Å². The molecule has 1 saturated heterocycles. The fourth-order valence-corrected chi connectivity index (χ4v) is 5.76. The van der Waals surface area contributed by atoms with Crippen molar-refractivity contribution in [2.24, 2.45) is 32.5 Å². The van der Waals surface area contributed by atoms with Gasteiger partial charge in [0.2, 0.25) is 5.84 Å². The van der Waals surface area contributed by atoms with Crippen LogP contribution >= 0.6 is 0 Å². The van der Waals surface area contributed by atoms with Gasteiger partial charge in [0.15, 0.2) is 5.84 Å². The first kappa shape index (κ1) is 23.0. The summed E-state index contributed by atoms with van der Waals surface area (Å²) in [6.45, 7) is 1.62. The Labute approximate surface area is 196 Å². The number of allylic oxidation sites excluding steroid dienone is 1. The van der Waals surface area contributed by atoms with E-state index in [0.717, 1.165) is 30.9 Å². The molecule has 34 heavy (non-hydrogen) atoms. The molecule has 3 heterocycles. The summed E-state index contributed by atoms with van der Waals surface area (Å²) in [5.74, 6) is 0.812. The van der Waals surface area contributed by atoms with Gasteiger partial charge in [-0.2, -0.15) is 13.2 Å². The summed E-state index contributed by atoms with van der Waals surface area (Å²) in [6, 6.07) is 5.66. The molecule has 0 aromatic heterocycles. The first-order chi connectivity index (χ1) is 16.3. The van der Waals surface area contributed by atoms with Crippen LogP contribution in [0.15, 0.2) is 50.9 Å². The lowest BCUT2D eigenvalue weighted by Crippen LogP contribution is -2.34. The number of likely N-dealkylation sites (tertiary alicyclic amines) is 1. The van der Waals surface area contributed by atoms with Crippen LogP contribution < -0.4 is 5.73 Å². The van der Waals surface area contributed by atoms with Gasteiger partial charge in [0, 0.05) is 19.3 Å². The number of carbonyl (C=O) groups is 1. The number of nitrogens with zero attached hydrogens (tertiary/aromatic N) is 4. The maximum atomic E-state index is 13.5. The normalized spacial score (nSPS) is 28.6. The van der Waals surface area contributed by atoms with E-state index in [2.05, 4.69) is 21.1 Å². The third-order valence-corrected chi connectivity index (χ3v) is 7.37. The Bertz CT molecular complexity index is 1080. The number of amides is 1. The number of aliphatic imine (C=N–C) groups is 3. The Hall–Kier alpha value is -2.81. The molecule has 3 aliphatic heterocycles. The highest BCUT2D eigenvalue weighted by Gasteiger charge is 2.46. The number of alkyl halides is 3. The van der Waals surface area contributed by atoms with Gasteiger partial charge in [-0.1, -0.05) is 24.3 Å². The van der Waals surface area contributed by atoms with Gasteiger partial charge in [-0.25, -0.2) is 9.98 Å². The molecule has 4 atom stereocenters. The lowest BCUT2D eigenvalue weighted by Gasteiger charge is -2.21. The highest BCUT2D eigenvalue weighted by Crippen LogP contribution is 2.48. The van der Waals surface area contributed by atoms with Crippen molar-refractivity contribution >= 4 is 23.8 Å². The first-order valence-corrected chi connectivity index (χ1v) is 11.9. The van der Waals surface area contributed by atoms with Crippen molar-refractivity contribution in [1.82, 2.24) is 4.90 Å². The molecule has 0 radical (unpaired) electrons. The van der Waals surface area contributed by atoms with E-state index in [1.54, 1.807) is 23.2 Å². The standard InChI is InChI=1S/C25H28F3N5O/c26-25(27,28)20-6-2-1-5-19(20)16-10-17-13-33(14-18(17)11-16)24(34)23-31-21-7-3-4-15(8-9-29)12-30-22(21)32-23/h1-2,4-6,12,16-18,21H,3,7-11,13-14,29H2/t16?,17-,18+,21-/m0/s1. The lowest BCUT2D eigenvalue weighted by atomic mass is 9.91. The van der Waals surface area contributed by atoms with Gasteiger partial charge in [0.1, 0.15) is 6.04 Å². The zero-order valence-electron chi connectivity index (χ0n) is 18.8. The molecule has 180 valence electrons. The second-order valence-electron chi connectivity index (χ2n) is 9.58. The van der Waals surface area contributed by atoms with Crippen LogP contribution in [0.3, 0.4) is 0 Å². The highest BCUT2D eigenvalue weighted by atomic mass is 19.4. The molecule has 4 aliphatic rings. The van der Waals surface area contributed by atoms with Crippen molar-refractivity contribution < 1.29 is 18.0 Å². The SMILES string of the molecule is NCCC1=CCC[C@@H]2N=C(C(=O)N3C[C@H]4CC(c5ccccc5C(F)(F)F)C[C@H]4C3)N=C2N=C1. The summed E-state index contributed by atoms with van der Waals surface area (Å²) < 4.78 is 40.4. The van der Waals surface area contributed by atoms with Crippen LogP contribution in [0, 0.1) is 11.8 Å². The molecular weight excluding hydrogens is 443 g/mol. The van der Waals surface area contributed by atoms with E-state index in [1.165, 1.54) is 6.07 Å². The molecule has 1 saturated carbocycles. The molecule has 0 spiro atoms. The van der Waals surface area contributed by atoms with Gasteiger partial charge in [0.05, 0.1) is 5.56 Å². The molecule has 9 heteroatoms. The molecular formula is C25H28F3N5O. The summed E-state index contributed by atoms with van der Waals surface area (Å²) in [7, 11) is 0. The van der Waals surface area contributed by atoms with Crippen molar-refractivity contribution in [2.45, 2.75) is 50.2 Å². The van der Waals surface area contributed by atoms with Gasteiger partial charge < -0.3 is 10.6 Å². The Kier molecular flexibility index (Phi) is 6.14. The summed E-state index contributed by atoms with van der Waals surface area (Å²) in [6.07, 6.45) is 3.15. The average Bonchev–Trinajstić information content (AvgIpc) is 3.48. The van der Waals surface area contributed by atoms with Crippen molar-refractivity contribution in [3.05, 3.63) is 47.0 Å². The van der Waals surface area contributed by atoms with Crippen molar-refractivity contribution in [3.63, 3.8) is 0 Å². The number of nitrogens with two attached hydrogens (primary N) is 1. The summed E-state index contributed by atoms with van der Waals surface area (Å²) >= 11 is 0. The van der Waals surface area contributed by atoms with Gasteiger partial charge in [-0.05, 0) is 73.6 Å². The fourth-order valence-electron chi connectivity index (χ4n) is 5.76. The van der Waals surface area contributed by atoms with E-state index < -0.39 is 11.7 Å². The molecule has 2 N–H and O–H groups in total. The molecule has 1 unspecified atom stereocenters. The van der Waals surface area contributed by atoms with E-state index in [-0.39, 0.29) is 35.5 Å². The third kappa shape index (κ3) is 4.45. The minimum Gasteiger partial charge on any atom is -0.335 e. The van der Waals surface area contributed by atoms with Crippen LogP contribution in [0.25, 0.3) is 0 Å². The zero-order valence-corrected chi connectivity index (χ0v) is 18.8. The largest absolute Gasteiger partial charge is 0.416 e. The third-order valence-electron chi connectivity index (χ3n) is 7.37. The molecule has 0 bridgehead atoms. The molecule has 1 aromatic rings. The van der Waals surface area contributed by atoms with E-state index in [4.69, 9.17) is 5.73 Å². The Balaban J connectivity index is 1.24. The van der Waals surface area contributed by atoms with Crippen molar-refractivity contribution in [3.8, 4) is 0 Å². The maximum Gasteiger partial charge on any atom is 0.416 e. The number of hydrogen-bond donors (Lipinski definition) is 1. The zero-order chi connectivity index (χ0) is 23.9. The lowest BCUT2D eigenvalue weighted by molar-refractivity contribution is -0.138. The number of carbonyl (C=O) groups excluding carboxylic acids is 1. The van der Waals surface area contributed by atoms with Gasteiger partial charge in [-0.3, -0.25) is 9.79 Å². The van der Waals surface area contributed by atoms with Gasteiger partial charge in [-0.15, -0.1) is 0 Å². The minimum absolute atomic E-state index is 0.130. The van der Waals surface area contributed by atoms with Gasteiger partial charge >= 0.3 is 6.18 Å².